The van der Waals surface area contributed by atoms with Gasteiger partial charge in [0.05, 0.1) is 44.3 Å². The third-order valence-electron chi connectivity index (χ3n) is 10.9. The van der Waals surface area contributed by atoms with E-state index >= 15 is 0 Å². The van der Waals surface area contributed by atoms with Gasteiger partial charge in [0.1, 0.15) is 0 Å². The average molecular weight is 656 g/mol. The number of nitrogens with zero attached hydrogens (tertiary/aromatic N) is 5. The molecule has 0 unspecified atom stereocenters. The highest BCUT2D eigenvalue weighted by molar-refractivity contribution is 6.19. The molecule has 11 rings (SSSR count). The normalized spacial score (nSPS) is 13.8. The van der Waals surface area contributed by atoms with E-state index in [-0.39, 0.29) is 0 Å². The van der Waals surface area contributed by atoms with Gasteiger partial charge >= 0.3 is 0 Å². The van der Waals surface area contributed by atoms with Crippen LogP contribution in [0.3, 0.4) is 0 Å². The van der Waals surface area contributed by atoms with Crippen molar-refractivity contribution >= 4 is 66.3 Å². The van der Waals surface area contributed by atoms with Crippen molar-refractivity contribution in [3.8, 4) is 17.1 Å². The quantitative estimate of drug-likeness (QED) is 0.190. The highest BCUT2D eigenvalue weighted by atomic mass is 15.4. The van der Waals surface area contributed by atoms with Crippen LogP contribution < -0.4 is 4.90 Å². The van der Waals surface area contributed by atoms with E-state index < -0.39 is 5.54 Å². The second-order valence-corrected chi connectivity index (χ2v) is 14.1. The fraction of sp³-hybridized carbons (Fsp3) is 0.0652. The van der Waals surface area contributed by atoms with Crippen LogP contribution in [0.15, 0.2) is 164 Å². The van der Waals surface area contributed by atoms with Gasteiger partial charge in [0.15, 0.2) is 0 Å². The van der Waals surface area contributed by atoms with E-state index in [0.717, 1.165) is 39.7 Å². The van der Waals surface area contributed by atoms with E-state index in [4.69, 9.17) is 4.98 Å². The van der Waals surface area contributed by atoms with Crippen LogP contribution in [0.5, 0.6) is 0 Å². The molecule has 1 aliphatic rings. The first-order valence-corrected chi connectivity index (χ1v) is 17.6. The Hall–Kier alpha value is -6.59. The van der Waals surface area contributed by atoms with Gasteiger partial charge < -0.3 is 14.0 Å². The Morgan fingerprint density at radius 1 is 0.412 bits per heavy atom. The molecule has 0 aliphatic carbocycles. The summed E-state index contributed by atoms with van der Waals surface area (Å²) in [6.07, 6.45) is 0. The minimum atomic E-state index is -0.404. The summed E-state index contributed by atoms with van der Waals surface area (Å²) in [7, 11) is 0. The minimum Gasteiger partial charge on any atom is -0.309 e. The van der Waals surface area contributed by atoms with E-state index in [2.05, 4.69) is 196 Å². The molecule has 0 radical (unpaired) electrons. The summed E-state index contributed by atoms with van der Waals surface area (Å²) in [4.78, 5) is 7.61. The second kappa shape index (κ2) is 10.2. The Balaban J connectivity index is 1.21. The van der Waals surface area contributed by atoms with Crippen LogP contribution in [-0.4, -0.2) is 18.7 Å². The van der Waals surface area contributed by atoms with Crippen LogP contribution in [0.25, 0.3) is 71.7 Å². The SMILES string of the molecule is CC1(C)c2cc(-n3c4ccccc4c4cc5c(cc43)c3ccccc3n5-c3ccccc3)ccc2-n2c(nc3ccccc32)N1c1ccccc1. The predicted octanol–water partition coefficient (Wildman–Crippen LogP) is 11.6. The molecule has 10 aromatic rings. The van der Waals surface area contributed by atoms with Crippen molar-refractivity contribution in [2.24, 2.45) is 0 Å². The van der Waals surface area contributed by atoms with Gasteiger partial charge in [-0.15, -0.1) is 0 Å². The highest BCUT2D eigenvalue weighted by Gasteiger charge is 2.41. The first kappa shape index (κ1) is 28.3. The molecule has 0 bridgehead atoms. The molecule has 1 aliphatic heterocycles. The molecule has 7 aromatic carbocycles. The summed E-state index contributed by atoms with van der Waals surface area (Å²) in [6.45, 7) is 4.64. The number of rotatable bonds is 3. The van der Waals surface area contributed by atoms with Crippen LogP contribution >= 0.6 is 0 Å². The van der Waals surface area contributed by atoms with E-state index in [1.807, 2.05) is 0 Å². The lowest BCUT2D eigenvalue weighted by molar-refractivity contribution is 0.507. The van der Waals surface area contributed by atoms with Crippen LogP contribution in [-0.2, 0) is 5.54 Å². The lowest BCUT2D eigenvalue weighted by Crippen LogP contribution is -2.43. The number of imidazole rings is 1. The Morgan fingerprint density at radius 3 is 1.59 bits per heavy atom. The molecular weight excluding hydrogens is 623 g/mol. The molecule has 0 saturated heterocycles. The number of para-hydroxylation sites is 6. The zero-order valence-corrected chi connectivity index (χ0v) is 28.3. The molecular formula is C46H33N5. The summed E-state index contributed by atoms with van der Waals surface area (Å²) in [6, 6.07) is 59.2. The van der Waals surface area contributed by atoms with Crippen LogP contribution in [0.4, 0.5) is 11.6 Å². The van der Waals surface area contributed by atoms with Gasteiger partial charge in [0, 0.05) is 44.2 Å². The van der Waals surface area contributed by atoms with Gasteiger partial charge in [0.25, 0.3) is 0 Å². The topological polar surface area (TPSA) is 30.9 Å². The molecule has 5 nitrogen and oxygen atoms in total. The molecule has 3 aromatic heterocycles. The number of hydrogen-bond acceptors (Lipinski definition) is 2. The third kappa shape index (κ3) is 3.83. The standard InChI is InChI=1S/C46H33N5/c1-46(2)37-27-32(25-26-41(37)50-42-24-14-11-21-38(42)47-45(50)51(46)31-17-7-4-8-18-31)49-40-23-13-10-20-34(40)36-28-43-35(29-44(36)49)33-19-9-12-22-39(33)48(43)30-15-5-3-6-16-30/h3-29H,1-2H3. The van der Waals surface area contributed by atoms with E-state index in [1.54, 1.807) is 0 Å². The van der Waals surface area contributed by atoms with Crippen LogP contribution in [0.1, 0.15) is 19.4 Å². The number of aromatic nitrogens is 4. The zero-order chi connectivity index (χ0) is 33.8. The minimum absolute atomic E-state index is 0.404. The van der Waals surface area contributed by atoms with E-state index in [1.165, 1.54) is 49.2 Å². The maximum Gasteiger partial charge on any atom is 0.216 e. The number of hydrogen-bond donors (Lipinski definition) is 0. The fourth-order valence-electron chi connectivity index (χ4n) is 8.70. The van der Waals surface area contributed by atoms with Crippen LogP contribution in [0, 0.1) is 0 Å². The molecule has 0 fully saturated rings. The Labute approximate surface area is 294 Å². The molecule has 4 heterocycles. The van der Waals surface area contributed by atoms with Crippen molar-refractivity contribution in [2.75, 3.05) is 4.90 Å². The van der Waals surface area contributed by atoms with Gasteiger partial charge in [-0.3, -0.25) is 4.57 Å². The molecule has 0 atom stereocenters. The Kier molecular flexibility index (Phi) is 5.66. The summed E-state index contributed by atoms with van der Waals surface area (Å²) in [5.74, 6) is 0.932. The Morgan fingerprint density at radius 2 is 0.941 bits per heavy atom. The molecule has 0 saturated carbocycles. The maximum atomic E-state index is 5.22. The smallest absolute Gasteiger partial charge is 0.216 e. The molecule has 242 valence electrons. The first-order chi connectivity index (χ1) is 25.1. The maximum absolute atomic E-state index is 5.22. The lowest BCUT2D eigenvalue weighted by Gasteiger charge is -2.44. The summed E-state index contributed by atoms with van der Waals surface area (Å²) < 4.78 is 7.20. The molecule has 0 amide bonds. The summed E-state index contributed by atoms with van der Waals surface area (Å²) in [5, 5.41) is 4.97. The van der Waals surface area contributed by atoms with Gasteiger partial charge in [0.2, 0.25) is 5.95 Å². The van der Waals surface area contributed by atoms with Crippen molar-refractivity contribution in [2.45, 2.75) is 19.4 Å². The first-order valence-electron chi connectivity index (χ1n) is 17.6. The Bertz CT molecular complexity index is 3000. The molecule has 0 spiro atoms. The van der Waals surface area contributed by atoms with Crippen molar-refractivity contribution in [1.82, 2.24) is 18.7 Å². The van der Waals surface area contributed by atoms with Crippen molar-refractivity contribution in [1.29, 1.82) is 0 Å². The fourth-order valence-corrected chi connectivity index (χ4v) is 8.70. The van der Waals surface area contributed by atoms with Crippen LogP contribution in [0.2, 0.25) is 0 Å². The molecule has 51 heavy (non-hydrogen) atoms. The van der Waals surface area contributed by atoms with Crippen molar-refractivity contribution < 1.29 is 0 Å². The van der Waals surface area contributed by atoms with Gasteiger partial charge in [-0.25, -0.2) is 4.98 Å². The number of fused-ring (bicyclic) bond motifs is 11. The molecule has 5 heteroatoms. The zero-order valence-electron chi connectivity index (χ0n) is 28.3. The summed E-state index contributed by atoms with van der Waals surface area (Å²) >= 11 is 0. The van der Waals surface area contributed by atoms with E-state index in [0.29, 0.717) is 0 Å². The average Bonchev–Trinajstić information content (AvgIpc) is 3.82. The van der Waals surface area contributed by atoms with Gasteiger partial charge in [-0.1, -0.05) is 84.9 Å². The molecule has 0 N–H and O–H groups in total. The second-order valence-electron chi connectivity index (χ2n) is 14.1. The van der Waals surface area contributed by atoms with Gasteiger partial charge in [-0.2, -0.15) is 0 Å². The van der Waals surface area contributed by atoms with Crippen molar-refractivity contribution in [3.05, 3.63) is 169 Å². The monoisotopic (exact) mass is 655 g/mol. The largest absolute Gasteiger partial charge is 0.309 e. The van der Waals surface area contributed by atoms with Crippen molar-refractivity contribution in [3.63, 3.8) is 0 Å². The van der Waals surface area contributed by atoms with Gasteiger partial charge in [-0.05, 0) is 92.7 Å². The van der Waals surface area contributed by atoms with E-state index in [9.17, 15) is 0 Å². The number of benzene rings is 7. The summed E-state index contributed by atoms with van der Waals surface area (Å²) in [5.41, 5.74) is 12.3. The highest BCUT2D eigenvalue weighted by Crippen LogP contribution is 2.49. The lowest BCUT2D eigenvalue weighted by atomic mass is 9.87. The third-order valence-corrected chi connectivity index (χ3v) is 10.9. The number of anilines is 2. The predicted molar refractivity (Wildman–Crippen MR) is 211 cm³/mol.